The second-order valence-electron chi connectivity index (χ2n) is 6.93. The van der Waals surface area contributed by atoms with Crippen molar-refractivity contribution in [3.8, 4) is 0 Å². The van der Waals surface area contributed by atoms with Gasteiger partial charge < -0.3 is 15.2 Å². The van der Waals surface area contributed by atoms with Gasteiger partial charge in [0.05, 0.1) is 0 Å². The fraction of sp³-hybridized carbons (Fsp3) is 0.318. The largest absolute Gasteiger partial charge is 0.337 e. The van der Waals surface area contributed by atoms with Crippen LogP contribution in [0.2, 0.25) is 0 Å². The monoisotopic (exact) mass is 347 g/mol. The lowest BCUT2D eigenvalue weighted by Gasteiger charge is -2.23. The van der Waals surface area contributed by atoms with E-state index in [-0.39, 0.29) is 5.91 Å². The first-order valence-electron chi connectivity index (χ1n) is 9.46. The summed E-state index contributed by atoms with van der Waals surface area (Å²) in [6, 6.07) is 18.4. The molecule has 1 saturated heterocycles. The van der Waals surface area contributed by atoms with E-state index in [1.54, 1.807) is 0 Å². The van der Waals surface area contributed by atoms with Crippen molar-refractivity contribution >= 4 is 22.5 Å². The van der Waals surface area contributed by atoms with Crippen LogP contribution in [-0.4, -0.2) is 23.6 Å². The molecule has 0 atom stereocenters. The summed E-state index contributed by atoms with van der Waals surface area (Å²) in [6.07, 6.45) is 2.37. The van der Waals surface area contributed by atoms with Crippen molar-refractivity contribution in [2.24, 2.45) is 0 Å². The topological polar surface area (TPSA) is 46.1 Å². The maximum Gasteiger partial charge on any atom is 0.272 e. The molecule has 4 heteroatoms. The van der Waals surface area contributed by atoms with Gasteiger partial charge >= 0.3 is 0 Å². The lowest BCUT2D eigenvalue weighted by Crippen LogP contribution is -2.26. The second-order valence-corrected chi connectivity index (χ2v) is 6.93. The predicted molar refractivity (Wildman–Crippen MR) is 107 cm³/mol. The van der Waals surface area contributed by atoms with Crippen molar-refractivity contribution in [1.82, 2.24) is 9.88 Å². The molecule has 1 aliphatic rings. The molecule has 0 aliphatic carbocycles. The fourth-order valence-electron chi connectivity index (χ4n) is 3.93. The Hall–Kier alpha value is -2.59. The van der Waals surface area contributed by atoms with E-state index in [1.807, 2.05) is 36.4 Å². The number of piperidine rings is 1. The average molecular weight is 347 g/mol. The molecule has 26 heavy (non-hydrogen) atoms. The Morgan fingerprint density at radius 1 is 1.12 bits per heavy atom. The van der Waals surface area contributed by atoms with Gasteiger partial charge in [-0.2, -0.15) is 0 Å². The third-order valence-corrected chi connectivity index (χ3v) is 5.34. The van der Waals surface area contributed by atoms with Gasteiger partial charge in [-0.05, 0) is 68.6 Å². The molecule has 2 aromatic carbocycles. The number of rotatable bonds is 4. The second kappa shape index (κ2) is 7.34. The van der Waals surface area contributed by atoms with E-state index in [0.717, 1.165) is 36.2 Å². The summed E-state index contributed by atoms with van der Waals surface area (Å²) in [5, 5.41) is 7.55. The molecule has 0 unspecified atom stereocenters. The zero-order valence-corrected chi connectivity index (χ0v) is 15.2. The van der Waals surface area contributed by atoms with Crippen molar-refractivity contribution in [1.29, 1.82) is 0 Å². The maximum atomic E-state index is 12.8. The van der Waals surface area contributed by atoms with Gasteiger partial charge in [0.25, 0.3) is 5.91 Å². The van der Waals surface area contributed by atoms with Gasteiger partial charge in [0, 0.05) is 23.1 Å². The predicted octanol–water partition coefficient (Wildman–Crippen LogP) is 4.38. The minimum absolute atomic E-state index is 0.0577. The van der Waals surface area contributed by atoms with Crippen molar-refractivity contribution in [2.45, 2.75) is 32.2 Å². The summed E-state index contributed by atoms with van der Waals surface area (Å²) in [4.78, 5) is 12.8. The van der Waals surface area contributed by atoms with Crippen LogP contribution >= 0.6 is 0 Å². The number of nitrogens with zero attached hydrogens (tertiary/aromatic N) is 1. The van der Waals surface area contributed by atoms with Crippen molar-refractivity contribution in [3.63, 3.8) is 0 Å². The minimum Gasteiger partial charge on any atom is -0.337 e. The molecule has 4 rings (SSSR count). The Labute approximate surface area is 154 Å². The van der Waals surface area contributed by atoms with Crippen LogP contribution in [0.1, 0.15) is 41.7 Å². The number of fused-ring (bicyclic) bond motifs is 1. The van der Waals surface area contributed by atoms with Crippen LogP contribution in [0.25, 0.3) is 10.9 Å². The molecule has 2 N–H and O–H groups in total. The highest BCUT2D eigenvalue weighted by atomic mass is 16.1. The van der Waals surface area contributed by atoms with E-state index in [1.165, 1.54) is 18.4 Å². The molecule has 0 saturated carbocycles. The van der Waals surface area contributed by atoms with E-state index in [4.69, 9.17) is 0 Å². The minimum atomic E-state index is -0.0577. The number of aromatic nitrogens is 1. The van der Waals surface area contributed by atoms with Crippen molar-refractivity contribution < 1.29 is 4.79 Å². The highest BCUT2D eigenvalue weighted by molar-refractivity contribution is 6.06. The van der Waals surface area contributed by atoms with Crippen LogP contribution in [0.15, 0.2) is 54.6 Å². The Morgan fingerprint density at radius 3 is 2.58 bits per heavy atom. The third-order valence-electron chi connectivity index (χ3n) is 5.34. The lowest BCUT2D eigenvalue weighted by molar-refractivity contribution is 0.101. The van der Waals surface area contributed by atoms with Gasteiger partial charge in [-0.15, -0.1) is 0 Å². The maximum absolute atomic E-state index is 12.8. The molecule has 1 fully saturated rings. The number of aryl methyl sites for hydroxylation is 1. The fourth-order valence-corrected chi connectivity index (χ4v) is 3.93. The number of anilines is 1. The van der Waals surface area contributed by atoms with E-state index < -0.39 is 0 Å². The number of nitrogens with one attached hydrogen (secondary N) is 2. The summed E-state index contributed by atoms with van der Waals surface area (Å²) in [7, 11) is 0. The summed E-state index contributed by atoms with van der Waals surface area (Å²) < 4.78 is 2.06. The molecular formula is C22H25N3O. The highest BCUT2D eigenvalue weighted by Crippen LogP contribution is 2.26. The van der Waals surface area contributed by atoms with Crippen LogP contribution in [0.3, 0.4) is 0 Å². The van der Waals surface area contributed by atoms with Crippen molar-refractivity contribution in [3.05, 3.63) is 65.9 Å². The Bertz CT molecular complexity index is 905. The van der Waals surface area contributed by atoms with Gasteiger partial charge in [0.15, 0.2) is 0 Å². The molecule has 1 aliphatic heterocycles. The Kier molecular flexibility index (Phi) is 4.76. The van der Waals surface area contributed by atoms with Crippen LogP contribution in [0.5, 0.6) is 0 Å². The molecule has 1 aromatic heterocycles. The number of amides is 1. The van der Waals surface area contributed by atoms with Gasteiger partial charge in [0.1, 0.15) is 5.69 Å². The summed E-state index contributed by atoms with van der Waals surface area (Å²) in [5.41, 5.74) is 4.02. The number of carbonyl (C=O) groups excluding carboxylic acids is 1. The Morgan fingerprint density at radius 2 is 1.85 bits per heavy atom. The van der Waals surface area contributed by atoms with Crippen molar-refractivity contribution in [2.75, 3.05) is 18.4 Å². The molecular weight excluding hydrogens is 322 g/mol. The normalized spacial score (nSPS) is 15.3. The Balaban J connectivity index is 1.53. The third kappa shape index (κ3) is 3.25. The van der Waals surface area contributed by atoms with Gasteiger partial charge in [-0.1, -0.05) is 30.3 Å². The molecule has 134 valence electrons. The molecule has 1 amide bonds. The summed E-state index contributed by atoms with van der Waals surface area (Å²) in [6.45, 7) is 5.01. The SMILES string of the molecule is CCn1c(C(=O)Nc2ccc(C3CCNCC3)cc2)cc2ccccc21. The van der Waals surface area contributed by atoms with Crippen LogP contribution < -0.4 is 10.6 Å². The molecule has 0 bridgehead atoms. The zero-order chi connectivity index (χ0) is 17.9. The summed E-state index contributed by atoms with van der Waals surface area (Å²) >= 11 is 0. The molecule has 2 heterocycles. The number of para-hydroxylation sites is 1. The quantitative estimate of drug-likeness (QED) is 0.736. The molecule has 3 aromatic rings. The van der Waals surface area contributed by atoms with E-state index in [9.17, 15) is 4.79 Å². The molecule has 0 spiro atoms. The smallest absolute Gasteiger partial charge is 0.272 e. The number of carbonyl (C=O) groups is 1. The highest BCUT2D eigenvalue weighted by Gasteiger charge is 2.16. The van der Waals surface area contributed by atoms with E-state index in [0.29, 0.717) is 11.6 Å². The molecule has 0 radical (unpaired) electrons. The lowest BCUT2D eigenvalue weighted by atomic mass is 9.90. The van der Waals surface area contributed by atoms with Crippen LogP contribution in [-0.2, 0) is 6.54 Å². The number of hydrogen-bond acceptors (Lipinski definition) is 2. The van der Waals surface area contributed by atoms with E-state index in [2.05, 4.69) is 40.3 Å². The standard InChI is InChI=1S/C22H25N3O/c1-2-25-20-6-4-3-5-18(20)15-21(25)22(26)24-19-9-7-16(8-10-19)17-11-13-23-14-12-17/h3-10,15,17,23H,2,11-14H2,1H3,(H,24,26). The number of benzene rings is 2. The van der Waals surface area contributed by atoms with Gasteiger partial charge in [-0.3, -0.25) is 4.79 Å². The average Bonchev–Trinajstić information content (AvgIpc) is 3.08. The molecule has 4 nitrogen and oxygen atoms in total. The number of hydrogen-bond donors (Lipinski definition) is 2. The van der Waals surface area contributed by atoms with E-state index >= 15 is 0 Å². The first-order chi connectivity index (χ1) is 12.8. The van der Waals surface area contributed by atoms with Crippen LogP contribution in [0, 0.1) is 0 Å². The summed E-state index contributed by atoms with van der Waals surface area (Å²) in [5.74, 6) is 0.571. The first-order valence-corrected chi connectivity index (χ1v) is 9.46. The zero-order valence-electron chi connectivity index (χ0n) is 15.2. The van der Waals surface area contributed by atoms with Gasteiger partial charge in [0.2, 0.25) is 0 Å². The van der Waals surface area contributed by atoms with Crippen LogP contribution in [0.4, 0.5) is 5.69 Å². The van der Waals surface area contributed by atoms with Gasteiger partial charge in [-0.25, -0.2) is 0 Å². The first kappa shape index (κ1) is 16.9.